The molecule has 0 bridgehead atoms. The minimum atomic E-state index is -4.10. The van der Waals surface area contributed by atoms with E-state index in [0.717, 1.165) is 27.1 Å². The zero-order chi connectivity index (χ0) is 22.8. The van der Waals surface area contributed by atoms with Gasteiger partial charge in [0.25, 0.3) is 5.78 Å². The lowest BCUT2D eigenvalue weighted by Gasteiger charge is -2.52. The van der Waals surface area contributed by atoms with Crippen LogP contribution in [0.1, 0.15) is 45.4 Å². The van der Waals surface area contributed by atoms with Gasteiger partial charge in [0.05, 0.1) is 23.5 Å². The molecule has 9 nitrogen and oxygen atoms in total. The van der Waals surface area contributed by atoms with Crippen molar-refractivity contribution in [2.24, 2.45) is 11.3 Å². The molecule has 0 aromatic heterocycles. The zero-order valence-corrected chi connectivity index (χ0v) is 20.6. The van der Waals surface area contributed by atoms with E-state index in [0.29, 0.717) is 25.7 Å². The SMILES string of the molecule is CCOC(=O)[C@@]12CCCC[C@]1(O[Si](C)(C)C)[C@@H](C(=O)C(=[N+]=[N-])P(=O)(OC)OC)CC2. The molecule has 0 aromatic carbocycles. The summed E-state index contributed by atoms with van der Waals surface area (Å²) >= 11 is 0. The Kier molecular flexibility index (Phi) is 7.65. The van der Waals surface area contributed by atoms with Crippen LogP contribution in [0.4, 0.5) is 0 Å². The van der Waals surface area contributed by atoms with Crippen molar-refractivity contribution in [1.29, 1.82) is 0 Å². The van der Waals surface area contributed by atoms with E-state index >= 15 is 0 Å². The summed E-state index contributed by atoms with van der Waals surface area (Å²) in [6.45, 7) is 7.99. The number of ether oxygens (including phenoxy) is 1. The van der Waals surface area contributed by atoms with E-state index in [1.165, 1.54) is 0 Å². The van der Waals surface area contributed by atoms with Crippen LogP contribution >= 0.6 is 7.60 Å². The van der Waals surface area contributed by atoms with Crippen molar-refractivity contribution in [2.75, 3.05) is 20.8 Å². The van der Waals surface area contributed by atoms with Gasteiger partial charge in [0, 0.05) is 14.2 Å². The Morgan fingerprint density at radius 3 is 2.23 bits per heavy atom. The van der Waals surface area contributed by atoms with Crippen LogP contribution in [0.5, 0.6) is 0 Å². The number of carbonyl (C=O) groups is 2. The molecule has 0 saturated heterocycles. The number of nitrogens with zero attached hydrogens (tertiary/aromatic N) is 2. The smallest absolute Gasteiger partial charge is 0.446 e. The van der Waals surface area contributed by atoms with Gasteiger partial charge in [-0.3, -0.25) is 9.59 Å². The number of ketones is 1. The standard InChI is InChI=1S/C19H33N2O7PSi/c1-7-27-17(23)18-11-8-9-12-19(18,28-30(4,5)6)14(10-13-18)15(22)16(21-20)29(24,25-2)26-3/h14H,7-13H2,1-6H3/t14-,18+,19+/m1/s1. The molecule has 0 N–H and O–H groups in total. The fourth-order valence-electron chi connectivity index (χ4n) is 5.13. The lowest BCUT2D eigenvalue weighted by Crippen LogP contribution is -2.62. The van der Waals surface area contributed by atoms with E-state index in [2.05, 4.69) is 4.79 Å². The summed E-state index contributed by atoms with van der Waals surface area (Å²) in [5, 5.41) is 0. The van der Waals surface area contributed by atoms with E-state index in [9.17, 15) is 19.7 Å². The Labute approximate surface area is 179 Å². The van der Waals surface area contributed by atoms with Crippen LogP contribution in [0.2, 0.25) is 19.6 Å². The third-order valence-electron chi connectivity index (χ3n) is 6.16. The van der Waals surface area contributed by atoms with Crippen LogP contribution in [-0.4, -0.2) is 56.7 Å². The highest BCUT2D eigenvalue weighted by Crippen LogP contribution is 2.62. The van der Waals surface area contributed by atoms with Gasteiger partial charge < -0.3 is 23.7 Å². The predicted molar refractivity (Wildman–Crippen MR) is 113 cm³/mol. The molecule has 2 aliphatic carbocycles. The molecular formula is C19H33N2O7PSi. The summed E-state index contributed by atoms with van der Waals surface area (Å²) in [4.78, 5) is 29.8. The number of fused-ring (bicyclic) bond motifs is 1. The second-order valence-corrected chi connectivity index (χ2v) is 15.4. The molecule has 0 aliphatic heterocycles. The number of carbonyl (C=O) groups excluding carboxylic acids is 2. The van der Waals surface area contributed by atoms with Gasteiger partial charge in [0.2, 0.25) is 0 Å². The van der Waals surface area contributed by atoms with E-state index in [1.54, 1.807) is 6.92 Å². The molecule has 11 heteroatoms. The first-order valence-electron chi connectivity index (χ1n) is 10.3. The largest absolute Gasteiger partial charge is 0.465 e. The van der Waals surface area contributed by atoms with Crippen molar-refractivity contribution in [2.45, 2.75) is 70.7 Å². The highest BCUT2D eigenvalue weighted by molar-refractivity contribution is 7.74. The molecular weight excluding hydrogens is 427 g/mol. The molecule has 2 rings (SSSR count). The van der Waals surface area contributed by atoms with Crippen LogP contribution in [0, 0.1) is 11.3 Å². The molecule has 2 fully saturated rings. The average molecular weight is 461 g/mol. The molecule has 30 heavy (non-hydrogen) atoms. The summed E-state index contributed by atoms with van der Waals surface area (Å²) in [5.41, 5.74) is 6.79. The van der Waals surface area contributed by atoms with Crippen molar-refractivity contribution in [1.82, 2.24) is 0 Å². The van der Waals surface area contributed by atoms with Gasteiger partial charge in [-0.2, -0.15) is 4.79 Å². The molecule has 0 unspecified atom stereocenters. The predicted octanol–water partition coefficient (Wildman–Crippen LogP) is 3.79. The average Bonchev–Trinajstić information content (AvgIpc) is 3.02. The van der Waals surface area contributed by atoms with Crippen molar-refractivity contribution in [3.8, 4) is 0 Å². The second kappa shape index (κ2) is 9.15. The summed E-state index contributed by atoms with van der Waals surface area (Å²) in [7, 11) is -4.10. The second-order valence-electron chi connectivity index (χ2n) is 8.86. The Bertz CT molecular complexity index is 784. The monoisotopic (exact) mass is 460 g/mol. The van der Waals surface area contributed by atoms with E-state index in [4.69, 9.17) is 18.2 Å². The van der Waals surface area contributed by atoms with Gasteiger partial charge >= 0.3 is 19.0 Å². The molecule has 2 saturated carbocycles. The first-order chi connectivity index (χ1) is 14.0. The quantitative estimate of drug-likeness (QED) is 0.128. The molecule has 0 aromatic rings. The Balaban J connectivity index is 2.64. The normalized spacial score (nSPS) is 29.1. The van der Waals surface area contributed by atoms with Crippen LogP contribution in [-0.2, 0) is 32.4 Å². The van der Waals surface area contributed by atoms with Gasteiger partial charge in [-0.05, 0) is 52.2 Å². The van der Waals surface area contributed by atoms with Gasteiger partial charge in [0.15, 0.2) is 8.32 Å². The highest BCUT2D eigenvalue weighted by atomic mass is 31.2. The first kappa shape index (κ1) is 25.1. The van der Waals surface area contributed by atoms with E-state index in [-0.39, 0.29) is 12.6 Å². The van der Waals surface area contributed by atoms with E-state index in [1.807, 2.05) is 19.6 Å². The van der Waals surface area contributed by atoms with Crippen molar-refractivity contribution in [3.05, 3.63) is 5.53 Å². The van der Waals surface area contributed by atoms with Crippen LogP contribution < -0.4 is 0 Å². The van der Waals surface area contributed by atoms with Gasteiger partial charge in [0.1, 0.15) is 0 Å². The Hall–Kier alpha value is -1.15. The molecule has 0 heterocycles. The summed E-state index contributed by atoms with van der Waals surface area (Å²) in [6.07, 6.45) is 3.40. The third-order valence-corrected chi connectivity index (χ3v) is 8.93. The number of hydrogen-bond acceptors (Lipinski definition) is 7. The first-order valence-corrected chi connectivity index (χ1v) is 15.3. The number of hydrogen-bond donors (Lipinski definition) is 0. The fraction of sp³-hybridized carbons (Fsp3) is 0.842. The van der Waals surface area contributed by atoms with Crippen molar-refractivity contribution in [3.63, 3.8) is 0 Å². The maximum atomic E-state index is 13.6. The van der Waals surface area contributed by atoms with Gasteiger partial charge in [-0.1, -0.05) is 12.8 Å². The van der Waals surface area contributed by atoms with Crippen molar-refractivity contribution < 1.29 is 37.2 Å². The third kappa shape index (κ3) is 4.14. The topological polar surface area (TPSA) is 125 Å². The number of esters is 1. The van der Waals surface area contributed by atoms with Crippen LogP contribution in [0.3, 0.4) is 0 Å². The Morgan fingerprint density at radius 1 is 1.13 bits per heavy atom. The number of Topliss-reactive ketones (excluding diaryl/α,β-unsaturated/α-hetero) is 1. The maximum absolute atomic E-state index is 13.6. The lowest BCUT2D eigenvalue weighted by atomic mass is 9.62. The molecule has 170 valence electrons. The Morgan fingerprint density at radius 2 is 1.73 bits per heavy atom. The number of rotatable bonds is 9. The summed E-state index contributed by atoms with van der Waals surface area (Å²) in [5.74, 6) is -1.85. The molecule has 2 aliphatic rings. The zero-order valence-electron chi connectivity index (χ0n) is 18.7. The molecule has 3 atom stereocenters. The minimum absolute atomic E-state index is 0.230. The van der Waals surface area contributed by atoms with Crippen molar-refractivity contribution >= 4 is 33.1 Å². The molecule has 0 spiro atoms. The molecule has 0 amide bonds. The van der Waals surface area contributed by atoms with Crippen LogP contribution in [0.15, 0.2) is 0 Å². The van der Waals surface area contributed by atoms with Crippen LogP contribution in [0.25, 0.3) is 5.53 Å². The van der Waals surface area contributed by atoms with Gasteiger partial charge in [-0.25, -0.2) is 4.57 Å². The fourth-order valence-corrected chi connectivity index (χ4v) is 7.69. The summed E-state index contributed by atoms with van der Waals surface area (Å²) < 4.78 is 34.8. The maximum Gasteiger partial charge on any atom is 0.446 e. The lowest BCUT2D eigenvalue weighted by molar-refractivity contribution is -0.179. The minimum Gasteiger partial charge on any atom is -0.465 e. The van der Waals surface area contributed by atoms with E-state index < -0.39 is 44.1 Å². The highest BCUT2D eigenvalue weighted by Gasteiger charge is 2.70. The summed E-state index contributed by atoms with van der Waals surface area (Å²) in [6, 6.07) is 0. The molecule has 0 radical (unpaired) electrons. The van der Waals surface area contributed by atoms with Gasteiger partial charge in [-0.15, -0.1) is 0 Å².